The first-order valence-corrected chi connectivity index (χ1v) is 5.53. The van der Waals surface area contributed by atoms with E-state index >= 15 is 0 Å². The average Bonchev–Trinajstić information content (AvgIpc) is 2.37. The summed E-state index contributed by atoms with van der Waals surface area (Å²) in [5.41, 5.74) is -1.03. The van der Waals surface area contributed by atoms with Crippen molar-refractivity contribution in [3.63, 3.8) is 0 Å². The van der Waals surface area contributed by atoms with E-state index in [0.29, 0.717) is 18.8 Å². The lowest BCUT2D eigenvalue weighted by Gasteiger charge is -2.17. The molecule has 1 heterocycles. The summed E-state index contributed by atoms with van der Waals surface area (Å²) < 4.78 is 41.3. The number of alkyl halides is 3. The fraction of sp³-hybridized carbons (Fsp3) is 0.545. The summed E-state index contributed by atoms with van der Waals surface area (Å²) in [6.45, 7) is 0.467. The van der Waals surface area contributed by atoms with Gasteiger partial charge in [-0.1, -0.05) is 0 Å². The number of carbonyl (C=O) groups is 1. The molecular weight excluding hydrogens is 263 g/mol. The van der Waals surface area contributed by atoms with E-state index in [1.54, 1.807) is 11.9 Å². The number of nitrogens with zero attached hydrogens (tertiary/aromatic N) is 3. The molecule has 1 aromatic heterocycles. The van der Waals surface area contributed by atoms with Crippen LogP contribution in [0.4, 0.5) is 19.0 Å². The molecule has 106 valence electrons. The number of rotatable bonds is 5. The molecule has 0 amide bonds. The van der Waals surface area contributed by atoms with E-state index in [1.807, 2.05) is 0 Å². The van der Waals surface area contributed by atoms with E-state index < -0.39 is 11.9 Å². The maximum absolute atomic E-state index is 12.3. The van der Waals surface area contributed by atoms with Crippen LogP contribution in [0.1, 0.15) is 18.5 Å². The highest BCUT2D eigenvalue weighted by molar-refractivity contribution is 5.69. The number of methoxy groups -OCH3 is 1. The molecule has 0 aliphatic rings. The van der Waals surface area contributed by atoms with Crippen LogP contribution < -0.4 is 4.90 Å². The fourth-order valence-corrected chi connectivity index (χ4v) is 1.36. The molecule has 0 aromatic carbocycles. The van der Waals surface area contributed by atoms with Gasteiger partial charge in [-0.3, -0.25) is 4.79 Å². The molecule has 0 radical (unpaired) electrons. The zero-order valence-electron chi connectivity index (χ0n) is 10.6. The lowest BCUT2D eigenvalue weighted by Crippen LogP contribution is -2.21. The Morgan fingerprint density at radius 3 is 2.53 bits per heavy atom. The summed E-state index contributed by atoms with van der Waals surface area (Å²) in [4.78, 5) is 12.5. The van der Waals surface area contributed by atoms with Crippen LogP contribution in [0.15, 0.2) is 12.1 Å². The zero-order chi connectivity index (χ0) is 14.5. The summed E-state index contributed by atoms with van der Waals surface area (Å²) in [5, 5.41) is 6.62. The third kappa shape index (κ3) is 4.72. The minimum Gasteiger partial charge on any atom is -0.469 e. The van der Waals surface area contributed by atoms with Crippen molar-refractivity contribution in [2.45, 2.75) is 19.0 Å². The van der Waals surface area contributed by atoms with E-state index in [2.05, 4.69) is 14.9 Å². The van der Waals surface area contributed by atoms with Gasteiger partial charge in [0.1, 0.15) is 0 Å². The third-order valence-corrected chi connectivity index (χ3v) is 2.43. The molecule has 0 spiro atoms. The van der Waals surface area contributed by atoms with Gasteiger partial charge in [-0.15, -0.1) is 10.2 Å². The van der Waals surface area contributed by atoms with Gasteiger partial charge in [0, 0.05) is 20.0 Å². The smallest absolute Gasteiger partial charge is 0.435 e. The predicted molar refractivity (Wildman–Crippen MR) is 61.6 cm³/mol. The van der Waals surface area contributed by atoms with Crippen LogP contribution in [-0.2, 0) is 15.7 Å². The first-order chi connectivity index (χ1) is 8.84. The third-order valence-electron chi connectivity index (χ3n) is 2.43. The lowest BCUT2D eigenvalue weighted by atomic mass is 10.3. The minimum atomic E-state index is -4.49. The van der Waals surface area contributed by atoms with Gasteiger partial charge in [-0.25, -0.2) is 0 Å². The van der Waals surface area contributed by atoms with Gasteiger partial charge < -0.3 is 9.64 Å². The molecule has 0 atom stereocenters. The Labute approximate surface area is 108 Å². The number of hydrogen-bond donors (Lipinski definition) is 0. The molecule has 8 heteroatoms. The van der Waals surface area contributed by atoms with Crippen molar-refractivity contribution in [1.29, 1.82) is 0 Å². The van der Waals surface area contributed by atoms with Gasteiger partial charge in [-0.05, 0) is 18.6 Å². The SMILES string of the molecule is COC(=O)CCCN(C)c1ccc(C(F)(F)F)nn1. The molecule has 0 aliphatic carbocycles. The number of esters is 1. The highest BCUT2D eigenvalue weighted by Gasteiger charge is 2.32. The van der Waals surface area contributed by atoms with E-state index in [-0.39, 0.29) is 12.4 Å². The molecule has 1 aromatic rings. The van der Waals surface area contributed by atoms with Crippen molar-refractivity contribution < 1.29 is 22.7 Å². The first kappa shape index (κ1) is 15.2. The van der Waals surface area contributed by atoms with Crippen LogP contribution in [0.3, 0.4) is 0 Å². The molecule has 19 heavy (non-hydrogen) atoms. The maximum atomic E-state index is 12.3. The monoisotopic (exact) mass is 277 g/mol. The molecule has 0 aliphatic heterocycles. The topological polar surface area (TPSA) is 55.3 Å². The predicted octanol–water partition coefficient (Wildman–Crippen LogP) is 1.88. The molecule has 0 unspecified atom stereocenters. The van der Waals surface area contributed by atoms with Crippen LogP contribution in [0.5, 0.6) is 0 Å². The second-order valence-corrected chi connectivity index (χ2v) is 3.88. The first-order valence-electron chi connectivity index (χ1n) is 5.53. The summed E-state index contributed by atoms with van der Waals surface area (Å²) in [7, 11) is 2.96. The van der Waals surface area contributed by atoms with E-state index in [0.717, 1.165) is 6.07 Å². The summed E-state index contributed by atoms with van der Waals surface area (Å²) >= 11 is 0. The van der Waals surface area contributed by atoms with Gasteiger partial charge in [0.15, 0.2) is 11.5 Å². The van der Waals surface area contributed by atoms with Crippen molar-refractivity contribution in [3.8, 4) is 0 Å². The zero-order valence-corrected chi connectivity index (χ0v) is 10.6. The summed E-state index contributed by atoms with van der Waals surface area (Å²) in [5.74, 6) is -0.00947. The number of hydrogen-bond acceptors (Lipinski definition) is 5. The Bertz CT molecular complexity index is 420. The Kier molecular flexibility index (Phi) is 5.08. The molecule has 0 fully saturated rings. The van der Waals surface area contributed by atoms with Crippen LogP contribution in [-0.4, -0.2) is 36.9 Å². The van der Waals surface area contributed by atoms with Gasteiger partial charge in [0.05, 0.1) is 7.11 Å². The van der Waals surface area contributed by atoms with Crippen molar-refractivity contribution in [2.75, 3.05) is 25.6 Å². The second-order valence-electron chi connectivity index (χ2n) is 3.88. The minimum absolute atomic E-state index is 0.245. The average molecular weight is 277 g/mol. The van der Waals surface area contributed by atoms with Crippen LogP contribution in [0.2, 0.25) is 0 Å². The Morgan fingerprint density at radius 2 is 2.05 bits per heavy atom. The van der Waals surface area contributed by atoms with Gasteiger partial charge >= 0.3 is 12.1 Å². The lowest BCUT2D eigenvalue weighted by molar-refractivity contribution is -0.142. The standard InChI is InChI=1S/C11H14F3N3O2/c1-17(7-3-4-10(18)19-2)9-6-5-8(15-16-9)11(12,13)14/h5-6H,3-4,7H2,1-2H3. The highest BCUT2D eigenvalue weighted by Crippen LogP contribution is 2.27. The van der Waals surface area contributed by atoms with Gasteiger partial charge in [0.2, 0.25) is 0 Å². The summed E-state index contributed by atoms with van der Waals surface area (Å²) in [6, 6.07) is 2.12. The highest BCUT2D eigenvalue weighted by atomic mass is 19.4. The van der Waals surface area contributed by atoms with Crippen LogP contribution in [0.25, 0.3) is 0 Å². The van der Waals surface area contributed by atoms with Crippen molar-refractivity contribution in [2.24, 2.45) is 0 Å². The molecule has 0 N–H and O–H groups in total. The van der Waals surface area contributed by atoms with Crippen molar-refractivity contribution >= 4 is 11.8 Å². The quantitative estimate of drug-likeness (QED) is 0.769. The van der Waals surface area contributed by atoms with Crippen molar-refractivity contribution in [1.82, 2.24) is 10.2 Å². The molecule has 0 bridgehead atoms. The number of halogens is 3. The van der Waals surface area contributed by atoms with Crippen LogP contribution in [0, 0.1) is 0 Å². The van der Waals surface area contributed by atoms with Gasteiger partial charge in [-0.2, -0.15) is 13.2 Å². The normalized spacial score (nSPS) is 11.2. The second kappa shape index (κ2) is 6.35. The molecule has 0 saturated carbocycles. The Balaban J connectivity index is 2.53. The fourth-order valence-electron chi connectivity index (χ4n) is 1.36. The Morgan fingerprint density at radius 1 is 1.37 bits per heavy atom. The number of carbonyl (C=O) groups excluding carboxylic acids is 1. The summed E-state index contributed by atoms with van der Waals surface area (Å²) in [6.07, 6.45) is -3.73. The number of anilines is 1. The Hall–Kier alpha value is -1.86. The number of ether oxygens (including phenoxy) is 1. The van der Waals surface area contributed by atoms with E-state index in [1.165, 1.54) is 13.2 Å². The number of aromatic nitrogens is 2. The largest absolute Gasteiger partial charge is 0.469 e. The molecular formula is C11H14F3N3O2. The van der Waals surface area contributed by atoms with Gasteiger partial charge in [0.25, 0.3) is 0 Å². The molecule has 0 saturated heterocycles. The molecule has 1 rings (SSSR count). The van der Waals surface area contributed by atoms with E-state index in [9.17, 15) is 18.0 Å². The van der Waals surface area contributed by atoms with Crippen molar-refractivity contribution in [3.05, 3.63) is 17.8 Å². The maximum Gasteiger partial charge on any atom is 0.435 e. The van der Waals surface area contributed by atoms with E-state index in [4.69, 9.17) is 0 Å². The molecule has 5 nitrogen and oxygen atoms in total. The van der Waals surface area contributed by atoms with Crippen LogP contribution >= 0.6 is 0 Å².